The molecule has 0 saturated carbocycles. The lowest BCUT2D eigenvalue weighted by molar-refractivity contribution is 0.0711. The highest BCUT2D eigenvalue weighted by Gasteiger charge is 2.28. The first kappa shape index (κ1) is 15.9. The number of hydrogen-bond donors (Lipinski definition) is 1. The summed E-state index contributed by atoms with van der Waals surface area (Å²) in [6.07, 6.45) is 4.68. The first-order valence-electron chi connectivity index (χ1n) is 7.97. The second-order valence-electron chi connectivity index (χ2n) is 5.72. The van der Waals surface area contributed by atoms with Crippen molar-refractivity contribution in [3.63, 3.8) is 0 Å². The van der Waals surface area contributed by atoms with Crippen LogP contribution in [0.25, 0.3) is 0 Å². The third-order valence-corrected chi connectivity index (χ3v) is 5.06. The molecule has 2 aromatic heterocycles. The average Bonchev–Trinajstić information content (AvgIpc) is 3.10. The molecule has 1 fully saturated rings. The van der Waals surface area contributed by atoms with Gasteiger partial charge in [0.25, 0.3) is 5.91 Å². The molecule has 1 saturated heterocycles. The Labute approximate surface area is 140 Å². The van der Waals surface area contributed by atoms with Gasteiger partial charge in [-0.1, -0.05) is 11.4 Å². The van der Waals surface area contributed by atoms with Crippen LogP contribution in [0.1, 0.15) is 46.6 Å². The fourth-order valence-electron chi connectivity index (χ4n) is 3.02. The number of hydrogen-bond acceptors (Lipinski definition) is 6. The Bertz CT molecular complexity index is 687. The summed E-state index contributed by atoms with van der Waals surface area (Å²) in [7, 11) is 1.87. The molecule has 3 rings (SSSR count). The Morgan fingerprint density at radius 1 is 1.52 bits per heavy atom. The van der Waals surface area contributed by atoms with Crippen molar-refractivity contribution in [2.45, 2.75) is 32.1 Å². The maximum atomic E-state index is 12.8. The quantitative estimate of drug-likeness (QED) is 0.932. The minimum atomic E-state index is 0.0736. The standard InChI is InChI=1S/C16H21N5OS/c1-3-13-15(23-20-19-13)16(22)21-8-4-5-12(10-21)11-6-7-18-14(9-11)17-2/h6-7,9,12H,3-5,8,10H2,1-2H3,(H,17,18)/t12-/m1/s1. The molecular weight excluding hydrogens is 310 g/mol. The van der Waals surface area contributed by atoms with E-state index in [0.29, 0.717) is 10.8 Å². The van der Waals surface area contributed by atoms with Gasteiger partial charge in [-0.3, -0.25) is 4.79 Å². The Morgan fingerprint density at radius 2 is 2.39 bits per heavy atom. The first-order valence-corrected chi connectivity index (χ1v) is 8.74. The van der Waals surface area contributed by atoms with Crippen molar-refractivity contribution >= 4 is 23.3 Å². The van der Waals surface area contributed by atoms with Crippen LogP contribution in [0, 0.1) is 0 Å². The Balaban J connectivity index is 1.76. The Morgan fingerprint density at radius 3 is 3.17 bits per heavy atom. The van der Waals surface area contributed by atoms with E-state index in [-0.39, 0.29) is 5.91 Å². The van der Waals surface area contributed by atoms with Crippen molar-refractivity contribution < 1.29 is 4.79 Å². The predicted molar refractivity (Wildman–Crippen MR) is 90.9 cm³/mol. The number of rotatable bonds is 4. The third-order valence-electron chi connectivity index (χ3n) is 4.31. The number of carbonyl (C=O) groups excluding carboxylic acids is 1. The van der Waals surface area contributed by atoms with Crippen molar-refractivity contribution in [3.8, 4) is 0 Å². The van der Waals surface area contributed by atoms with Gasteiger partial charge in [-0.25, -0.2) is 4.98 Å². The van der Waals surface area contributed by atoms with E-state index in [2.05, 4.69) is 26.0 Å². The van der Waals surface area contributed by atoms with Crippen LogP contribution in [0.5, 0.6) is 0 Å². The molecule has 1 aliphatic heterocycles. The molecule has 0 unspecified atom stereocenters. The summed E-state index contributed by atoms with van der Waals surface area (Å²) in [6, 6.07) is 4.12. The van der Waals surface area contributed by atoms with Crippen molar-refractivity contribution in [3.05, 3.63) is 34.5 Å². The van der Waals surface area contributed by atoms with Gasteiger partial charge in [0.05, 0.1) is 5.69 Å². The molecule has 122 valence electrons. The van der Waals surface area contributed by atoms with E-state index in [1.807, 2.05) is 31.1 Å². The highest BCUT2D eigenvalue weighted by molar-refractivity contribution is 7.08. The molecular formula is C16H21N5OS. The Kier molecular flexibility index (Phi) is 4.85. The fourth-order valence-corrected chi connectivity index (χ4v) is 3.74. The van der Waals surface area contributed by atoms with Crippen LogP contribution in [0.2, 0.25) is 0 Å². The van der Waals surface area contributed by atoms with Gasteiger partial charge in [-0.15, -0.1) is 5.10 Å². The van der Waals surface area contributed by atoms with Crippen molar-refractivity contribution in [1.82, 2.24) is 19.5 Å². The number of amides is 1. The van der Waals surface area contributed by atoms with Crippen LogP contribution >= 0.6 is 11.5 Å². The van der Waals surface area contributed by atoms with Crippen LogP contribution in [0.15, 0.2) is 18.3 Å². The summed E-state index contributed by atoms with van der Waals surface area (Å²) < 4.78 is 3.94. The first-order chi connectivity index (χ1) is 11.2. The lowest BCUT2D eigenvalue weighted by Crippen LogP contribution is -2.39. The summed E-state index contributed by atoms with van der Waals surface area (Å²) in [5.74, 6) is 1.30. The van der Waals surface area contributed by atoms with Gasteiger partial charge in [0.2, 0.25) is 0 Å². The van der Waals surface area contributed by atoms with Crippen LogP contribution < -0.4 is 5.32 Å². The van der Waals surface area contributed by atoms with E-state index in [4.69, 9.17) is 0 Å². The van der Waals surface area contributed by atoms with E-state index in [1.54, 1.807) is 0 Å². The molecule has 1 atom stereocenters. The number of piperidine rings is 1. The zero-order chi connectivity index (χ0) is 16.2. The maximum Gasteiger partial charge on any atom is 0.267 e. The van der Waals surface area contributed by atoms with E-state index >= 15 is 0 Å². The predicted octanol–water partition coefficient (Wildman–Crippen LogP) is 2.56. The minimum Gasteiger partial charge on any atom is -0.373 e. The third kappa shape index (κ3) is 3.34. The number of likely N-dealkylation sites (tertiary alicyclic amines) is 1. The lowest BCUT2D eigenvalue weighted by atomic mass is 9.91. The summed E-state index contributed by atoms with van der Waals surface area (Å²) in [5.41, 5.74) is 2.04. The number of carbonyl (C=O) groups is 1. The maximum absolute atomic E-state index is 12.8. The SMILES string of the molecule is CCc1nnsc1C(=O)N1CCC[C@@H](c2ccnc(NC)c2)C1. The molecule has 23 heavy (non-hydrogen) atoms. The smallest absolute Gasteiger partial charge is 0.267 e. The highest BCUT2D eigenvalue weighted by atomic mass is 32.1. The van der Waals surface area contributed by atoms with Crippen LogP contribution in [-0.4, -0.2) is 45.5 Å². The zero-order valence-corrected chi connectivity index (χ0v) is 14.3. The van der Waals surface area contributed by atoms with Gasteiger partial charge in [-0.05, 0) is 48.5 Å². The molecule has 0 spiro atoms. The fraction of sp³-hybridized carbons (Fsp3) is 0.500. The summed E-state index contributed by atoms with van der Waals surface area (Å²) in [6.45, 7) is 3.55. The number of aromatic nitrogens is 3. The molecule has 1 N–H and O–H groups in total. The van der Waals surface area contributed by atoms with Gasteiger partial charge in [0, 0.05) is 32.3 Å². The normalized spacial score (nSPS) is 18.0. The largest absolute Gasteiger partial charge is 0.373 e. The molecule has 1 aliphatic rings. The van der Waals surface area contributed by atoms with Gasteiger partial charge < -0.3 is 10.2 Å². The van der Waals surface area contributed by atoms with E-state index in [9.17, 15) is 4.79 Å². The Hall–Kier alpha value is -2.02. The topological polar surface area (TPSA) is 71.0 Å². The van der Waals surface area contributed by atoms with E-state index < -0.39 is 0 Å². The molecule has 1 amide bonds. The van der Waals surface area contributed by atoms with Crippen molar-refractivity contribution in [2.75, 3.05) is 25.5 Å². The van der Waals surface area contributed by atoms with Crippen LogP contribution in [0.4, 0.5) is 5.82 Å². The van der Waals surface area contributed by atoms with Crippen molar-refractivity contribution in [1.29, 1.82) is 0 Å². The van der Waals surface area contributed by atoms with Crippen molar-refractivity contribution in [2.24, 2.45) is 0 Å². The lowest BCUT2D eigenvalue weighted by Gasteiger charge is -2.33. The number of nitrogens with one attached hydrogen (secondary N) is 1. The van der Waals surface area contributed by atoms with Crippen LogP contribution in [-0.2, 0) is 6.42 Å². The molecule has 2 aromatic rings. The molecule has 3 heterocycles. The summed E-state index contributed by atoms with van der Waals surface area (Å²) >= 11 is 1.21. The van der Waals surface area contributed by atoms with Gasteiger partial charge in [0.15, 0.2) is 0 Å². The van der Waals surface area contributed by atoms with Gasteiger partial charge >= 0.3 is 0 Å². The summed E-state index contributed by atoms with van der Waals surface area (Å²) in [5, 5.41) is 7.13. The number of nitrogens with zero attached hydrogens (tertiary/aromatic N) is 4. The molecule has 0 aliphatic carbocycles. The molecule has 6 nitrogen and oxygen atoms in total. The second-order valence-corrected chi connectivity index (χ2v) is 6.47. The van der Waals surface area contributed by atoms with E-state index in [0.717, 1.165) is 43.9 Å². The van der Waals surface area contributed by atoms with Gasteiger partial charge in [-0.2, -0.15) is 0 Å². The summed E-state index contributed by atoms with van der Waals surface area (Å²) in [4.78, 5) is 19.7. The number of anilines is 1. The average molecular weight is 331 g/mol. The molecule has 0 radical (unpaired) electrons. The second kappa shape index (κ2) is 7.04. The molecule has 7 heteroatoms. The zero-order valence-electron chi connectivity index (χ0n) is 13.5. The minimum absolute atomic E-state index is 0.0736. The van der Waals surface area contributed by atoms with E-state index in [1.165, 1.54) is 17.1 Å². The molecule has 0 aromatic carbocycles. The monoisotopic (exact) mass is 331 g/mol. The van der Waals surface area contributed by atoms with Gasteiger partial charge in [0.1, 0.15) is 10.7 Å². The highest BCUT2D eigenvalue weighted by Crippen LogP contribution is 2.29. The van der Waals surface area contributed by atoms with Crippen LogP contribution in [0.3, 0.4) is 0 Å². The number of pyridine rings is 1. The number of aryl methyl sites for hydroxylation is 1. The molecule has 0 bridgehead atoms.